The van der Waals surface area contributed by atoms with E-state index in [0.29, 0.717) is 11.7 Å². The van der Waals surface area contributed by atoms with Crippen LogP contribution in [0.1, 0.15) is 32.1 Å². The SMILES string of the molecule is NC1=C(Br)C(C2CCC(CC(=O)O)CC2)Nc2c(-c3cnn(-c4ccccc4)c3)cnn21. The molecule has 32 heavy (non-hydrogen) atoms. The first-order valence-corrected chi connectivity index (χ1v) is 11.6. The summed E-state index contributed by atoms with van der Waals surface area (Å²) in [5.74, 6) is 1.36. The predicted octanol–water partition coefficient (Wildman–Crippen LogP) is 4.29. The van der Waals surface area contributed by atoms with Crippen LogP contribution in [0.2, 0.25) is 0 Å². The van der Waals surface area contributed by atoms with E-state index in [-0.39, 0.29) is 18.4 Å². The molecule has 1 saturated carbocycles. The summed E-state index contributed by atoms with van der Waals surface area (Å²) >= 11 is 3.70. The van der Waals surface area contributed by atoms with Crippen molar-refractivity contribution >= 4 is 33.5 Å². The largest absolute Gasteiger partial charge is 0.481 e. The van der Waals surface area contributed by atoms with Gasteiger partial charge in [0.05, 0.1) is 28.6 Å². The van der Waals surface area contributed by atoms with Crippen LogP contribution in [0.5, 0.6) is 0 Å². The van der Waals surface area contributed by atoms with Crippen LogP contribution < -0.4 is 11.1 Å². The molecule has 1 aromatic carbocycles. The highest BCUT2D eigenvalue weighted by molar-refractivity contribution is 9.11. The molecule has 1 atom stereocenters. The highest BCUT2D eigenvalue weighted by atomic mass is 79.9. The molecule has 3 aromatic rings. The molecule has 2 aliphatic rings. The van der Waals surface area contributed by atoms with E-state index in [9.17, 15) is 4.79 Å². The maximum Gasteiger partial charge on any atom is 0.303 e. The summed E-state index contributed by atoms with van der Waals surface area (Å²) in [5, 5.41) is 21.8. The second kappa shape index (κ2) is 8.46. The number of rotatable bonds is 5. The van der Waals surface area contributed by atoms with Gasteiger partial charge in [-0.25, -0.2) is 9.36 Å². The summed E-state index contributed by atoms with van der Waals surface area (Å²) in [4.78, 5) is 11.1. The zero-order valence-electron chi connectivity index (χ0n) is 17.5. The molecule has 0 spiro atoms. The minimum atomic E-state index is -0.709. The first-order valence-electron chi connectivity index (χ1n) is 10.8. The first-order chi connectivity index (χ1) is 15.5. The topological polar surface area (TPSA) is 111 Å². The second-order valence-corrected chi connectivity index (χ2v) is 9.42. The molecule has 5 rings (SSSR count). The Bertz CT molecular complexity index is 1160. The summed E-state index contributed by atoms with van der Waals surface area (Å²) in [6.07, 6.45) is 9.67. The highest BCUT2D eigenvalue weighted by Crippen LogP contribution is 2.42. The van der Waals surface area contributed by atoms with Crippen molar-refractivity contribution in [2.75, 3.05) is 5.32 Å². The van der Waals surface area contributed by atoms with Gasteiger partial charge in [0.25, 0.3) is 0 Å². The number of hydrogen-bond donors (Lipinski definition) is 3. The number of carboxylic acids is 1. The molecule has 1 aliphatic carbocycles. The standard InChI is InChI=1S/C23H25BrN6O2/c24-20-21(15-8-6-14(7-9-15)10-19(31)32)28-23-18(12-27-30(23)22(20)25)16-11-26-29(13-16)17-4-2-1-3-5-17/h1-5,11-15,21,28H,6-10,25H2,(H,31,32). The molecule has 9 heteroatoms. The number of nitrogens with one attached hydrogen (secondary N) is 1. The Hall–Kier alpha value is -3.07. The summed E-state index contributed by atoms with van der Waals surface area (Å²) < 4.78 is 4.48. The van der Waals surface area contributed by atoms with Gasteiger partial charge < -0.3 is 16.2 Å². The number of nitrogens with two attached hydrogens (primary N) is 1. The average molecular weight is 497 g/mol. The fourth-order valence-corrected chi connectivity index (χ4v) is 5.49. The van der Waals surface area contributed by atoms with Crippen molar-refractivity contribution in [2.24, 2.45) is 17.6 Å². The predicted molar refractivity (Wildman–Crippen MR) is 126 cm³/mol. The number of para-hydroxylation sites is 1. The Morgan fingerprint density at radius 2 is 1.91 bits per heavy atom. The number of halogens is 1. The van der Waals surface area contributed by atoms with Gasteiger partial charge in [0, 0.05) is 23.7 Å². The zero-order valence-corrected chi connectivity index (χ0v) is 19.1. The summed E-state index contributed by atoms with van der Waals surface area (Å²) in [6.45, 7) is 0. The number of anilines is 1. The number of benzene rings is 1. The fraction of sp³-hybridized carbons (Fsp3) is 0.348. The van der Waals surface area contributed by atoms with Gasteiger partial charge in [-0.2, -0.15) is 10.2 Å². The Kier molecular flexibility index (Phi) is 5.50. The Labute approximate surface area is 194 Å². The van der Waals surface area contributed by atoms with Crippen LogP contribution in [0.15, 0.2) is 53.4 Å². The van der Waals surface area contributed by atoms with Gasteiger partial charge in [0.2, 0.25) is 0 Å². The maximum absolute atomic E-state index is 11.1. The normalized spacial score (nSPS) is 23.0. The van der Waals surface area contributed by atoms with Gasteiger partial charge in [0.1, 0.15) is 11.6 Å². The third kappa shape index (κ3) is 3.81. The molecule has 3 heterocycles. The van der Waals surface area contributed by atoms with Crippen molar-refractivity contribution in [2.45, 2.75) is 38.1 Å². The van der Waals surface area contributed by atoms with E-state index in [1.807, 2.05) is 53.6 Å². The molecule has 0 saturated heterocycles. The van der Waals surface area contributed by atoms with Crippen LogP contribution in [-0.2, 0) is 4.79 Å². The molecule has 4 N–H and O–H groups in total. The number of carbonyl (C=O) groups is 1. The van der Waals surface area contributed by atoms with Gasteiger partial charge >= 0.3 is 5.97 Å². The van der Waals surface area contributed by atoms with Crippen molar-refractivity contribution in [3.8, 4) is 16.8 Å². The van der Waals surface area contributed by atoms with Crippen LogP contribution in [0.25, 0.3) is 22.6 Å². The quantitative estimate of drug-likeness (QED) is 0.485. The first kappa shape index (κ1) is 20.8. The lowest BCUT2D eigenvalue weighted by atomic mass is 9.77. The third-order valence-corrected chi connectivity index (χ3v) is 7.45. The molecule has 166 valence electrons. The molecule has 1 unspecified atom stereocenters. The van der Waals surface area contributed by atoms with Gasteiger partial charge in [-0.15, -0.1) is 0 Å². The van der Waals surface area contributed by atoms with Gasteiger partial charge in [-0.05, 0) is 65.6 Å². The van der Waals surface area contributed by atoms with Crippen LogP contribution in [0.4, 0.5) is 5.82 Å². The molecular formula is C23H25BrN6O2. The van der Waals surface area contributed by atoms with E-state index in [1.54, 1.807) is 4.68 Å². The van der Waals surface area contributed by atoms with E-state index in [2.05, 4.69) is 31.4 Å². The van der Waals surface area contributed by atoms with Crippen molar-refractivity contribution in [3.05, 3.63) is 53.4 Å². The lowest BCUT2D eigenvalue weighted by Gasteiger charge is -2.37. The minimum Gasteiger partial charge on any atom is -0.481 e. The van der Waals surface area contributed by atoms with E-state index >= 15 is 0 Å². The fourth-order valence-electron chi connectivity index (χ4n) is 4.83. The van der Waals surface area contributed by atoms with E-state index in [0.717, 1.165) is 52.8 Å². The molecule has 0 amide bonds. The third-order valence-electron chi connectivity index (χ3n) is 6.55. The van der Waals surface area contributed by atoms with Crippen LogP contribution in [0.3, 0.4) is 0 Å². The Morgan fingerprint density at radius 1 is 1.16 bits per heavy atom. The molecule has 1 fully saturated rings. The molecule has 2 aromatic heterocycles. The van der Waals surface area contributed by atoms with Gasteiger partial charge in [-0.3, -0.25) is 4.79 Å². The lowest BCUT2D eigenvalue weighted by molar-refractivity contribution is -0.138. The minimum absolute atomic E-state index is 0.0351. The highest BCUT2D eigenvalue weighted by Gasteiger charge is 2.35. The van der Waals surface area contributed by atoms with Gasteiger partial charge in [0.15, 0.2) is 0 Å². The van der Waals surface area contributed by atoms with Crippen molar-refractivity contribution in [1.82, 2.24) is 19.6 Å². The molecule has 0 radical (unpaired) electrons. The average Bonchev–Trinajstić information content (AvgIpc) is 3.44. The van der Waals surface area contributed by atoms with E-state index in [4.69, 9.17) is 10.8 Å². The van der Waals surface area contributed by atoms with Crippen molar-refractivity contribution < 1.29 is 9.90 Å². The van der Waals surface area contributed by atoms with E-state index < -0.39 is 5.97 Å². The Balaban J connectivity index is 1.39. The summed E-state index contributed by atoms with van der Waals surface area (Å²) in [6, 6.07) is 10.0. The smallest absolute Gasteiger partial charge is 0.303 e. The number of fused-ring (bicyclic) bond motifs is 1. The van der Waals surface area contributed by atoms with Crippen LogP contribution in [0, 0.1) is 11.8 Å². The van der Waals surface area contributed by atoms with E-state index in [1.165, 1.54) is 0 Å². The summed E-state index contributed by atoms with van der Waals surface area (Å²) in [5.41, 5.74) is 9.35. The van der Waals surface area contributed by atoms with Gasteiger partial charge in [-0.1, -0.05) is 18.2 Å². The number of carboxylic acid groups (broad SMARTS) is 1. The molecule has 8 nitrogen and oxygen atoms in total. The maximum atomic E-state index is 11.1. The molecule has 0 bridgehead atoms. The zero-order chi connectivity index (χ0) is 22.2. The number of hydrogen-bond acceptors (Lipinski definition) is 5. The lowest BCUT2D eigenvalue weighted by Crippen LogP contribution is -2.38. The van der Waals surface area contributed by atoms with Crippen LogP contribution in [-0.4, -0.2) is 36.7 Å². The van der Waals surface area contributed by atoms with Crippen molar-refractivity contribution in [1.29, 1.82) is 0 Å². The summed E-state index contributed by atoms with van der Waals surface area (Å²) in [7, 11) is 0. The second-order valence-electron chi connectivity index (χ2n) is 8.56. The number of nitrogens with zero attached hydrogens (tertiary/aromatic N) is 4. The van der Waals surface area contributed by atoms with Crippen LogP contribution >= 0.6 is 15.9 Å². The van der Waals surface area contributed by atoms with Crippen molar-refractivity contribution in [3.63, 3.8) is 0 Å². The molecule has 1 aliphatic heterocycles. The monoisotopic (exact) mass is 496 g/mol. The Morgan fingerprint density at radius 3 is 2.62 bits per heavy atom. The molecular weight excluding hydrogens is 472 g/mol. The number of aliphatic carboxylic acids is 1. The number of aromatic nitrogens is 4.